The zero-order valence-corrected chi connectivity index (χ0v) is 10.7. The lowest BCUT2D eigenvalue weighted by atomic mass is 9.80. The van der Waals surface area contributed by atoms with E-state index in [1.165, 1.54) is 11.1 Å². The first kappa shape index (κ1) is 12.2. The molecule has 0 aromatic heterocycles. The average Bonchev–Trinajstić information content (AvgIpc) is 2.37. The lowest BCUT2D eigenvalue weighted by molar-refractivity contribution is -0.0355. The molecule has 0 amide bonds. The SMILES string of the molecule is OC1(CNCC2OCCc3ccccc32)CCC1. The van der Waals surface area contributed by atoms with E-state index < -0.39 is 5.60 Å². The van der Waals surface area contributed by atoms with E-state index in [9.17, 15) is 5.11 Å². The second kappa shape index (κ2) is 5.00. The second-order valence-corrected chi connectivity index (χ2v) is 5.52. The Hall–Kier alpha value is -0.900. The highest BCUT2D eigenvalue weighted by molar-refractivity contribution is 5.31. The summed E-state index contributed by atoms with van der Waals surface area (Å²) in [5, 5.41) is 13.4. The third-order valence-corrected chi connectivity index (χ3v) is 4.16. The van der Waals surface area contributed by atoms with E-state index in [0.717, 1.165) is 38.8 Å². The van der Waals surface area contributed by atoms with Crippen molar-refractivity contribution >= 4 is 0 Å². The van der Waals surface area contributed by atoms with Crippen molar-refractivity contribution in [2.24, 2.45) is 0 Å². The first-order valence-electron chi connectivity index (χ1n) is 6.89. The minimum Gasteiger partial charge on any atom is -0.389 e. The van der Waals surface area contributed by atoms with E-state index >= 15 is 0 Å². The van der Waals surface area contributed by atoms with Gasteiger partial charge in [-0.05, 0) is 36.8 Å². The zero-order valence-electron chi connectivity index (χ0n) is 10.7. The maximum absolute atomic E-state index is 10.0. The molecule has 2 aliphatic rings. The molecule has 1 unspecified atom stereocenters. The van der Waals surface area contributed by atoms with Gasteiger partial charge in [0.15, 0.2) is 0 Å². The van der Waals surface area contributed by atoms with Crippen molar-refractivity contribution in [3.8, 4) is 0 Å². The molecule has 1 heterocycles. The fraction of sp³-hybridized carbons (Fsp3) is 0.600. The van der Waals surface area contributed by atoms with Crippen LogP contribution in [0.4, 0.5) is 0 Å². The van der Waals surface area contributed by atoms with Gasteiger partial charge in [-0.25, -0.2) is 0 Å². The zero-order chi connectivity index (χ0) is 12.4. The predicted molar refractivity (Wildman–Crippen MR) is 70.5 cm³/mol. The van der Waals surface area contributed by atoms with E-state index in [2.05, 4.69) is 29.6 Å². The molecule has 0 bridgehead atoms. The van der Waals surface area contributed by atoms with Crippen LogP contribution in [0.2, 0.25) is 0 Å². The van der Waals surface area contributed by atoms with Crippen LogP contribution in [-0.2, 0) is 11.2 Å². The molecule has 3 heteroatoms. The van der Waals surface area contributed by atoms with Gasteiger partial charge in [-0.1, -0.05) is 24.3 Å². The molecule has 0 radical (unpaired) electrons. The van der Waals surface area contributed by atoms with E-state index in [-0.39, 0.29) is 6.10 Å². The minimum atomic E-state index is -0.450. The summed E-state index contributed by atoms with van der Waals surface area (Å²) in [6.07, 6.45) is 4.17. The summed E-state index contributed by atoms with van der Waals surface area (Å²) in [6.45, 7) is 2.28. The quantitative estimate of drug-likeness (QED) is 0.852. The minimum absolute atomic E-state index is 0.138. The van der Waals surface area contributed by atoms with Crippen molar-refractivity contribution in [3.63, 3.8) is 0 Å². The Morgan fingerprint density at radius 3 is 2.94 bits per heavy atom. The third kappa shape index (κ3) is 2.44. The van der Waals surface area contributed by atoms with Gasteiger partial charge in [-0.2, -0.15) is 0 Å². The Balaban J connectivity index is 1.57. The van der Waals surface area contributed by atoms with Gasteiger partial charge in [0.2, 0.25) is 0 Å². The molecule has 1 aromatic rings. The Labute approximate surface area is 108 Å². The molecule has 1 atom stereocenters. The predicted octanol–water partition coefficient (Wildman–Crippen LogP) is 1.80. The summed E-state index contributed by atoms with van der Waals surface area (Å²) in [5.74, 6) is 0. The number of fused-ring (bicyclic) bond motifs is 1. The van der Waals surface area contributed by atoms with E-state index in [0.29, 0.717) is 6.54 Å². The second-order valence-electron chi connectivity index (χ2n) is 5.52. The average molecular weight is 247 g/mol. The third-order valence-electron chi connectivity index (χ3n) is 4.16. The van der Waals surface area contributed by atoms with Gasteiger partial charge >= 0.3 is 0 Å². The normalized spacial score (nSPS) is 25.3. The van der Waals surface area contributed by atoms with Gasteiger partial charge in [-0.15, -0.1) is 0 Å². The molecule has 98 valence electrons. The summed E-state index contributed by atoms with van der Waals surface area (Å²) >= 11 is 0. The first-order chi connectivity index (χ1) is 8.77. The van der Waals surface area contributed by atoms with Crippen LogP contribution < -0.4 is 5.32 Å². The monoisotopic (exact) mass is 247 g/mol. The Morgan fingerprint density at radius 1 is 1.33 bits per heavy atom. The lowest BCUT2D eigenvalue weighted by Gasteiger charge is -2.37. The number of aliphatic hydroxyl groups is 1. The summed E-state index contributed by atoms with van der Waals surface area (Å²) in [4.78, 5) is 0. The molecule has 1 fully saturated rings. The molecule has 2 N–H and O–H groups in total. The summed E-state index contributed by atoms with van der Waals surface area (Å²) in [7, 11) is 0. The van der Waals surface area contributed by atoms with Crippen molar-refractivity contribution in [2.45, 2.75) is 37.4 Å². The van der Waals surface area contributed by atoms with Crippen LogP contribution in [0.25, 0.3) is 0 Å². The van der Waals surface area contributed by atoms with Gasteiger partial charge in [-0.3, -0.25) is 0 Å². The summed E-state index contributed by atoms with van der Waals surface area (Å²) in [5.41, 5.74) is 2.25. The van der Waals surface area contributed by atoms with Gasteiger partial charge in [0.1, 0.15) is 0 Å². The van der Waals surface area contributed by atoms with Crippen LogP contribution in [0.5, 0.6) is 0 Å². The van der Waals surface area contributed by atoms with Gasteiger partial charge in [0.05, 0.1) is 18.3 Å². The van der Waals surface area contributed by atoms with Crippen molar-refractivity contribution < 1.29 is 9.84 Å². The standard InChI is InChI=1S/C15H21NO2/c17-15(7-3-8-15)11-16-10-14-13-5-2-1-4-12(13)6-9-18-14/h1-2,4-5,14,16-17H,3,6-11H2. The number of nitrogens with one attached hydrogen (secondary N) is 1. The fourth-order valence-electron chi connectivity index (χ4n) is 2.84. The fourth-order valence-corrected chi connectivity index (χ4v) is 2.84. The Bertz CT molecular complexity index is 415. The molecular formula is C15H21NO2. The molecule has 1 aliphatic carbocycles. The first-order valence-corrected chi connectivity index (χ1v) is 6.89. The smallest absolute Gasteiger partial charge is 0.0952 e. The number of hydrogen-bond donors (Lipinski definition) is 2. The van der Waals surface area contributed by atoms with Crippen molar-refractivity contribution in [3.05, 3.63) is 35.4 Å². The summed E-state index contributed by atoms with van der Waals surface area (Å²) < 4.78 is 5.83. The number of benzene rings is 1. The van der Waals surface area contributed by atoms with Crippen molar-refractivity contribution in [1.29, 1.82) is 0 Å². The van der Waals surface area contributed by atoms with Crippen LogP contribution in [0.15, 0.2) is 24.3 Å². The Kier molecular flexibility index (Phi) is 3.37. The highest BCUT2D eigenvalue weighted by atomic mass is 16.5. The maximum atomic E-state index is 10.0. The Morgan fingerprint density at radius 2 is 2.17 bits per heavy atom. The largest absolute Gasteiger partial charge is 0.389 e. The van der Waals surface area contributed by atoms with Crippen LogP contribution in [0, 0.1) is 0 Å². The molecule has 0 spiro atoms. The summed E-state index contributed by atoms with van der Waals surface area (Å²) in [6, 6.07) is 8.49. The van der Waals surface area contributed by atoms with Crippen LogP contribution >= 0.6 is 0 Å². The van der Waals surface area contributed by atoms with Crippen LogP contribution in [0.3, 0.4) is 0 Å². The maximum Gasteiger partial charge on any atom is 0.0952 e. The molecule has 1 saturated carbocycles. The molecular weight excluding hydrogens is 226 g/mol. The molecule has 1 aliphatic heterocycles. The molecule has 1 aromatic carbocycles. The highest BCUT2D eigenvalue weighted by Crippen LogP contribution is 2.31. The van der Waals surface area contributed by atoms with Gasteiger partial charge < -0.3 is 15.2 Å². The van der Waals surface area contributed by atoms with E-state index in [1.54, 1.807) is 0 Å². The number of ether oxygens (including phenoxy) is 1. The molecule has 0 saturated heterocycles. The van der Waals surface area contributed by atoms with E-state index in [4.69, 9.17) is 4.74 Å². The van der Waals surface area contributed by atoms with Crippen LogP contribution in [0.1, 0.15) is 36.5 Å². The lowest BCUT2D eigenvalue weighted by Crippen LogP contribution is -2.47. The molecule has 3 rings (SSSR count). The molecule has 18 heavy (non-hydrogen) atoms. The van der Waals surface area contributed by atoms with Gasteiger partial charge in [0.25, 0.3) is 0 Å². The van der Waals surface area contributed by atoms with Gasteiger partial charge in [0, 0.05) is 13.1 Å². The topological polar surface area (TPSA) is 41.5 Å². The van der Waals surface area contributed by atoms with E-state index in [1.807, 2.05) is 0 Å². The highest BCUT2D eigenvalue weighted by Gasteiger charge is 2.34. The van der Waals surface area contributed by atoms with Crippen molar-refractivity contribution in [1.82, 2.24) is 5.32 Å². The molecule has 3 nitrogen and oxygen atoms in total. The van der Waals surface area contributed by atoms with Crippen LogP contribution in [-0.4, -0.2) is 30.4 Å². The number of rotatable bonds is 4. The van der Waals surface area contributed by atoms with Crippen molar-refractivity contribution in [2.75, 3.05) is 19.7 Å². The number of hydrogen-bond acceptors (Lipinski definition) is 3.